The highest BCUT2D eigenvalue weighted by atomic mass is 32.1. The third-order valence-electron chi connectivity index (χ3n) is 3.93. The van der Waals surface area contributed by atoms with Gasteiger partial charge < -0.3 is 4.90 Å². The van der Waals surface area contributed by atoms with Crippen molar-refractivity contribution in [2.75, 3.05) is 32.7 Å². The molecule has 1 fully saturated rings. The highest BCUT2D eigenvalue weighted by Crippen LogP contribution is 2.13. The van der Waals surface area contributed by atoms with E-state index in [1.807, 2.05) is 12.3 Å². The molecule has 2 aromatic heterocycles. The molecule has 20 heavy (non-hydrogen) atoms. The summed E-state index contributed by atoms with van der Waals surface area (Å²) in [6.45, 7) is 10.4. The monoisotopic (exact) mass is 292 g/mol. The lowest BCUT2D eigenvalue weighted by molar-refractivity contribution is 0.131. The van der Waals surface area contributed by atoms with Crippen LogP contribution in [0.3, 0.4) is 0 Å². The molecule has 0 unspecified atom stereocenters. The average molecular weight is 292 g/mol. The van der Waals surface area contributed by atoms with E-state index in [1.165, 1.54) is 11.3 Å². The first-order valence-corrected chi connectivity index (χ1v) is 7.97. The van der Waals surface area contributed by atoms with Crippen molar-refractivity contribution in [2.45, 2.75) is 20.4 Å². The van der Waals surface area contributed by atoms with Gasteiger partial charge in [0, 0.05) is 49.9 Å². The zero-order valence-corrected chi connectivity index (χ0v) is 12.8. The van der Waals surface area contributed by atoms with Crippen molar-refractivity contribution in [2.24, 2.45) is 0 Å². The lowest BCUT2D eigenvalue weighted by atomic mass is 10.3. The van der Waals surface area contributed by atoms with Crippen molar-refractivity contribution < 1.29 is 0 Å². The molecule has 0 aromatic carbocycles. The Labute approximate surface area is 122 Å². The van der Waals surface area contributed by atoms with Crippen LogP contribution < -0.4 is 5.56 Å². The Balaban J connectivity index is 1.77. The first-order valence-electron chi connectivity index (χ1n) is 7.09. The highest BCUT2D eigenvalue weighted by molar-refractivity contribution is 7.15. The topological polar surface area (TPSA) is 40.9 Å². The van der Waals surface area contributed by atoms with E-state index in [9.17, 15) is 4.79 Å². The van der Waals surface area contributed by atoms with Crippen LogP contribution in [0, 0.1) is 6.92 Å². The van der Waals surface area contributed by atoms with Crippen molar-refractivity contribution >= 4 is 16.3 Å². The predicted octanol–water partition coefficient (Wildman–Crippen LogP) is 1.20. The van der Waals surface area contributed by atoms with Crippen molar-refractivity contribution in [3.8, 4) is 0 Å². The number of aryl methyl sites for hydroxylation is 1. The molecule has 108 valence electrons. The third kappa shape index (κ3) is 2.63. The number of thiazole rings is 1. The maximum absolute atomic E-state index is 12.1. The van der Waals surface area contributed by atoms with Crippen LogP contribution in [0.2, 0.25) is 0 Å². The van der Waals surface area contributed by atoms with Crippen molar-refractivity contribution in [1.29, 1.82) is 0 Å². The first kappa shape index (κ1) is 13.7. The maximum atomic E-state index is 12.1. The molecule has 0 N–H and O–H groups in total. The van der Waals surface area contributed by atoms with E-state index in [0.717, 1.165) is 55.6 Å². The number of hydrogen-bond donors (Lipinski definition) is 0. The van der Waals surface area contributed by atoms with Crippen LogP contribution in [0.5, 0.6) is 0 Å². The summed E-state index contributed by atoms with van der Waals surface area (Å²) >= 11 is 1.53. The van der Waals surface area contributed by atoms with Gasteiger partial charge in [-0.05, 0) is 13.5 Å². The van der Waals surface area contributed by atoms with Gasteiger partial charge in [-0.3, -0.25) is 14.1 Å². The van der Waals surface area contributed by atoms with E-state index in [0.29, 0.717) is 0 Å². The van der Waals surface area contributed by atoms with E-state index in [1.54, 1.807) is 10.5 Å². The van der Waals surface area contributed by atoms with Gasteiger partial charge in [-0.15, -0.1) is 11.3 Å². The zero-order valence-electron chi connectivity index (χ0n) is 12.0. The van der Waals surface area contributed by atoms with Gasteiger partial charge in [0.2, 0.25) is 0 Å². The highest BCUT2D eigenvalue weighted by Gasteiger charge is 2.16. The minimum Gasteiger partial charge on any atom is -0.301 e. The number of likely N-dealkylation sites (N-methyl/N-ethyl adjacent to an activating group) is 1. The molecule has 3 rings (SSSR count). The number of fused-ring (bicyclic) bond motifs is 1. The molecule has 1 aliphatic rings. The van der Waals surface area contributed by atoms with Gasteiger partial charge in [-0.1, -0.05) is 6.92 Å². The summed E-state index contributed by atoms with van der Waals surface area (Å²) in [7, 11) is 0. The number of rotatable bonds is 3. The zero-order chi connectivity index (χ0) is 14.1. The van der Waals surface area contributed by atoms with Crippen LogP contribution in [0.4, 0.5) is 0 Å². The molecule has 3 heterocycles. The molecule has 0 atom stereocenters. The molecule has 1 saturated heterocycles. The normalized spacial score (nSPS) is 17.9. The Morgan fingerprint density at radius 1 is 1.25 bits per heavy atom. The summed E-state index contributed by atoms with van der Waals surface area (Å²) < 4.78 is 1.68. The number of piperazine rings is 1. The largest absolute Gasteiger partial charge is 0.301 e. The van der Waals surface area contributed by atoms with E-state index in [-0.39, 0.29) is 5.56 Å². The summed E-state index contributed by atoms with van der Waals surface area (Å²) in [5.41, 5.74) is 1.89. The summed E-state index contributed by atoms with van der Waals surface area (Å²) in [5, 5.41) is 1.98. The molecule has 0 bridgehead atoms. The fraction of sp³-hybridized carbons (Fsp3) is 0.571. The average Bonchev–Trinajstić information content (AvgIpc) is 2.81. The van der Waals surface area contributed by atoms with Gasteiger partial charge in [-0.2, -0.15) is 0 Å². The summed E-state index contributed by atoms with van der Waals surface area (Å²) in [4.78, 5) is 22.4. The van der Waals surface area contributed by atoms with Gasteiger partial charge in [0.05, 0.1) is 5.69 Å². The Kier molecular flexibility index (Phi) is 3.87. The van der Waals surface area contributed by atoms with Gasteiger partial charge in [0.25, 0.3) is 5.56 Å². The van der Waals surface area contributed by atoms with Crippen molar-refractivity contribution in [3.63, 3.8) is 0 Å². The van der Waals surface area contributed by atoms with Gasteiger partial charge in [0.1, 0.15) is 0 Å². The Bertz CT molecular complexity index is 655. The number of nitrogens with zero attached hydrogens (tertiary/aromatic N) is 4. The lowest BCUT2D eigenvalue weighted by Gasteiger charge is -2.33. The smallest absolute Gasteiger partial charge is 0.259 e. The second-order valence-electron chi connectivity index (χ2n) is 5.29. The van der Waals surface area contributed by atoms with Crippen LogP contribution in [0.25, 0.3) is 4.96 Å². The third-order valence-corrected chi connectivity index (χ3v) is 4.87. The standard InChI is InChI=1S/C14H20N4OS/c1-3-16-4-6-17(7-5-16)9-12-8-13(19)18-11(2)10-20-14(18)15-12/h8,10H,3-7,9H2,1-2H3. The molecular weight excluding hydrogens is 272 g/mol. The fourth-order valence-corrected chi connectivity index (χ4v) is 3.57. The van der Waals surface area contributed by atoms with E-state index < -0.39 is 0 Å². The predicted molar refractivity (Wildman–Crippen MR) is 81.5 cm³/mol. The molecule has 1 aliphatic heterocycles. The summed E-state index contributed by atoms with van der Waals surface area (Å²) in [6, 6.07) is 1.68. The molecular formula is C14H20N4OS. The Morgan fingerprint density at radius 2 is 1.95 bits per heavy atom. The fourth-order valence-electron chi connectivity index (χ4n) is 2.67. The summed E-state index contributed by atoms with van der Waals surface area (Å²) in [5.74, 6) is 0. The molecule has 0 radical (unpaired) electrons. The summed E-state index contributed by atoms with van der Waals surface area (Å²) in [6.07, 6.45) is 0. The van der Waals surface area contributed by atoms with Crippen LogP contribution in [0.1, 0.15) is 18.3 Å². The SMILES string of the molecule is CCN1CCN(Cc2cc(=O)n3c(C)csc3n2)CC1. The molecule has 2 aromatic rings. The molecule has 5 nitrogen and oxygen atoms in total. The molecule has 0 aliphatic carbocycles. The van der Waals surface area contributed by atoms with Gasteiger partial charge in [-0.25, -0.2) is 4.98 Å². The van der Waals surface area contributed by atoms with Crippen LogP contribution in [0.15, 0.2) is 16.2 Å². The first-order chi connectivity index (χ1) is 9.67. The second kappa shape index (κ2) is 5.63. The van der Waals surface area contributed by atoms with Gasteiger partial charge >= 0.3 is 0 Å². The van der Waals surface area contributed by atoms with Gasteiger partial charge in [0.15, 0.2) is 4.96 Å². The van der Waals surface area contributed by atoms with Crippen LogP contribution >= 0.6 is 11.3 Å². The quantitative estimate of drug-likeness (QED) is 0.852. The number of hydrogen-bond acceptors (Lipinski definition) is 5. The minimum absolute atomic E-state index is 0.0379. The van der Waals surface area contributed by atoms with E-state index in [4.69, 9.17) is 0 Å². The molecule has 0 amide bonds. The lowest BCUT2D eigenvalue weighted by Crippen LogP contribution is -2.45. The van der Waals surface area contributed by atoms with Crippen LogP contribution in [-0.4, -0.2) is 51.9 Å². The number of aromatic nitrogens is 2. The molecule has 0 spiro atoms. The minimum atomic E-state index is 0.0379. The van der Waals surface area contributed by atoms with E-state index in [2.05, 4.69) is 21.7 Å². The molecule has 0 saturated carbocycles. The van der Waals surface area contributed by atoms with Crippen molar-refractivity contribution in [3.05, 3.63) is 33.2 Å². The Morgan fingerprint density at radius 3 is 2.65 bits per heavy atom. The molecule has 6 heteroatoms. The van der Waals surface area contributed by atoms with E-state index >= 15 is 0 Å². The second-order valence-corrected chi connectivity index (χ2v) is 6.13. The van der Waals surface area contributed by atoms with Crippen molar-refractivity contribution in [1.82, 2.24) is 19.2 Å². The Hall–Kier alpha value is -1.24. The van der Waals surface area contributed by atoms with Crippen LogP contribution in [-0.2, 0) is 6.54 Å². The maximum Gasteiger partial charge on any atom is 0.259 e.